The fourth-order valence-electron chi connectivity index (χ4n) is 11.9. The van der Waals surface area contributed by atoms with E-state index in [1.165, 1.54) is 347 Å². The van der Waals surface area contributed by atoms with Crippen LogP contribution in [0.15, 0.2) is 36.5 Å². The van der Waals surface area contributed by atoms with Gasteiger partial charge in [0.15, 0.2) is 0 Å². The summed E-state index contributed by atoms with van der Waals surface area (Å²) >= 11 is 0. The number of esters is 1. The van der Waals surface area contributed by atoms with E-state index in [2.05, 4.69) is 43.5 Å². The lowest BCUT2D eigenvalue weighted by atomic mass is 10.0. The van der Waals surface area contributed by atoms with Crippen LogP contribution in [0.5, 0.6) is 0 Å². The molecule has 0 aliphatic rings. The molecule has 2 atom stereocenters. The number of unbranched alkanes of at least 4 members (excludes halogenated alkanes) is 56. The summed E-state index contributed by atoms with van der Waals surface area (Å²) in [6, 6.07) is -0.634. The Morgan fingerprint density at radius 2 is 0.602 bits per heavy atom. The van der Waals surface area contributed by atoms with Crippen molar-refractivity contribution in [2.24, 2.45) is 0 Å². The number of amides is 1. The maximum Gasteiger partial charge on any atom is 0.305 e. The summed E-state index contributed by atoms with van der Waals surface area (Å²) in [7, 11) is 0. The summed E-state index contributed by atoms with van der Waals surface area (Å²) in [4.78, 5) is 24.7. The number of hydrogen-bond acceptors (Lipinski definition) is 5. The minimum absolute atomic E-state index is 0.0137. The molecule has 490 valence electrons. The average molecular weight is 1170 g/mol. The number of carbonyl (C=O) groups excluding carboxylic acids is 2. The third-order valence-corrected chi connectivity index (χ3v) is 17.7. The molecule has 83 heavy (non-hydrogen) atoms. The van der Waals surface area contributed by atoms with Crippen molar-refractivity contribution in [1.82, 2.24) is 5.32 Å². The Hall–Kier alpha value is -1.92. The van der Waals surface area contributed by atoms with Crippen molar-refractivity contribution in [3.05, 3.63) is 36.5 Å². The van der Waals surface area contributed by atoms with Crippen molar-refractivity contribution >= 4 is 11.9 Å². The van der Waals surface area contributed by atoms with E-state index in [-0.39, 0.29) is 18.5 Å². The van der Waals surface area contributed by atoms with Crippen LogP contribution in [0.4, 0.5) is 0 Å². The highest BCUT2D eigenvalue weighted by atomic mass is 16.5. The SMILES string of the molecule is CCCCCCCCCCCCCCCCCCCCCCC/C=C/C(O)C(CO)NC(=O)CCCCCCCCCCC/C=C\C/C=C\CCCCCCCCCCCOC(=O)CCCCCCCCCCCCCCCCCCCC. The lowest BCUT2D eigenvalue weighted by Gasteiger charge is -2.20. The maximum absolute atomic E-state index is 12.5. The first-order valence-electron chi connectivity index (χ1n) is 37.8. The zero-order valence-electron chi connectivity index (χ0n) is 56.2. The highest BCUT2D eigenvalue weighted by Crippen LogP contribution is 2.19. The van der Waals surface area contributed by atoms with Crippen LogP contribution in [-0.2, 0) is 14.3 Å². The molecule has 0 aromatic rings. The van der Waals surface area contributed by atoms with Crippen molar-refractivity contribution in [2.75, 3.05) is 13.2 Å². The first kappa shape index (κ1) is 81.1. The van der Waals surface area contributed by atoms with Crippen molar-refractivity contribution < 1.29 is 24.5 Å². The molecule has 0 saturated heterocycles. The van der Waals surface area contributed by atoms with Gasteiger partial charge in [-0.1, -0.05) is 378 Å². The molecule has 0 heterocycles. The third-order valence-electron chi connectivity index (χ3n) is 17.7. The van der Waals surface area contributed by atoms with E-state index in [4.69, 9.17) is 4.74 Å². The first-order chi connectivity index (χ1) is 41.0. The van der Waals surface area contributed by atoms with E-state index >= 15 is 0 Å². The van der Waals surface area contributed by atoms with Crippen LogP contribution in [-0.4, -0.2) is 47.4 Å². The Kier molecular flexibility index (Phi) is 70.9. The van der Waals surface area contributed by atoms with Gasteiger partial charge in [-0.2, -0.15) is 0 Å². The normalized spacial score (nSPS) is 12.7. The zero-order chi connectivity index (χ0) is 59.9. The largest absolute Gasteiger partial charge is 0.466 e. The molecule has 0 aromatic carbocycles. The van der Waals surface area contributed by atoms with Crippen LogP contribution < -0.4 is 5.32 Å². The van der Waals surface area contributed by atoms with Gasteiger partial charge in [0.1, 0.15) is 0 Å². The van der Waals surface area contributed by atoms with Gasteiger partial charge in [-0.3, -0.25) is 9.59 Å². The van der Waals surface area contributed by atoms with Crippen molar-refractivity contribution in [1.29, 1.82) is 0 Å². The Morgan fingerprint density at radius 3 is 0.916 bits per heavy atom. The predicted molar refractivity (Wildman–Crippen MR) is 366 cm³/mol. The molecule has 6 heteroatoms. The number of aliphatic hydroxyl groups is 2. The number of aliphatic hydroxyl groups excluding tert-OH is 2. The molecular formula is C77H147NO5. The lowest BCUT2D eigenvalue weighted by Crippen LogP contribution is -2.45. The molecule has 0 aliphatic carbocycles. The summed E-state index contributed by atoms with van der Waals surface area (Å²) in [5.74, 6) is -0.0562. The number of nitrogens with one attached hydrogen (secondary N) is 1. The molecule has 1 amide bonds. The molecule has 0 bridgehead atoms. The Balaban J connectivity index is 3.44. The number of allylic oxidation sites excluding steroid dienone is 5. The van der Waals surface area contributed by atoms with Crippen molar-refractivity contribution in [2.45, 2.75) is 431 Å². The average Bonchev–Trinajstić information content (AvgIpc) is 3.49. The standard InChI is InChI=1S/C77H147NO5/c1-3-5-7-9-11-13-15-17-19-21-23-24-28-31-34-37-41-45-49-53-57-61-65-69-75(80)74(73-79)78-76(81)70-66-62-58-54-50-46-42-38-35-32-29-26-25-27-30-33-36-40-44-48-52-56-60-64-68-72-83-77(82)71-67-63-59-55-51-47-43-39-22-20-18-16-14-12-10-8-6-4-2/h26-27,29-30,65,69,74-75,79-80H,3-25,28,31-64,66-68,70-73H2,1-2H3,(H,78,81)/b29-26-,30-27-,69-65+. The second-order valence-electron chi connectivity index (χ2n) is 26.0. The van der Waals surface area contributed by atoms with Gasteiger partial charge in [0.2, 0.25) is 5.91 Å². The van der Waals surface area contributed by atoms with Crippen LogP contribution in [0, 0.1) is 0 Å². The van der Waals surface area contributed by atoms with Crippen LogP contribution in [0.25, 0.3) is 0 Å². The third kappa shape index (κ3) is 69.1. The number of rotatable bonds is 71. The summed E-state index contributed by atoms with van der Waals surface area (Å²) in [5, 5.41) is 23.3. The lowest BCUT2D eigenvalue weighted by molar-refractivity contribution is -0.143. The van der Waals surface area contributed by atoms with Crippen LogP contribution in [0.1, 0.15) is 418 Å². The molecule has 6 nitrogen and oxygen atoms in total. The molecule has 0 aromatic heterocycles. The topological polar surface area (TPSA) is 95.9 Å². The molecule has 0 fully saturated rings. The van der Waals surface area contributed by atoms with Gasteiger partial charge >= 0.3 is 5.97 Å². The molecule has 2 unspecified atom stereocenters. The Bertz CT molecular complexity index is 1340. The molecule has 0 rings (SSSR count). The maximum atomic E-state index is 12.5. The van der Waals surface area contributed by atoms with Gasteiger partial charge in [-0.15, -0.1) is 0 Å². The fraction of sp³-hybridized carbons (Fsp3) is 0.896. The van der Waals surface area contributed by atoms with Crippen LogP contribution in [0.2, 0.25) is 0 Å². The van der Waals surface area contributed by atoms with E-state index in [9.17, 15) is 19.8 Å². The van der Waals surface area contributed by atoms with Crippen molar-refractivity contribution in [3.63, 3.8) is 0 Å². The summed E-state index contributed by atoms with van der Waals surface area (Å²) in [5.41, 5.74) is 0. The van der Waals surface area contributed by atoms with Gasteiger partial charge in [0.05, 0.1) is 25.4 Å². The second kappa shape index (κ2) is 72.6. The van der Waals surface area contributed by atoms with Crippen LogP contribution >= 0.6 is 0 Å². The van der Waals surface area contributed by atoms with E-state index < -0.39 is 12.1 Å². The molecule has 0 radical (unpaired) electrons. The van der Waals surface area contributed by atoms with E-state index in [1.807, 2.05) is 6.08 Å². The molecule has 0 aliphatic heterocycles. The van der Waals surface area contributed by atoms with Gasteiger partial charge in [-0.25, -0.2) is 0 Å². The number of carbonyl (C=O) groups is 2. The molecule has 3 N–H and O–H groups in total. The van der Waals surface area contributed by atoms with Gasteiger partial charge in [-0.05, 0) is 64.2 Å². The van der Waals surface area contributed by atoms with Crippen molar-refractivity contribution in [3.8, 4) is 0 Å². The Labute approximate surface area is 519 Å². The molecule has 0 spiro atoms. The summed E-state index contributed by atoms with van der Waals surface area (Å²) < 4.78 is 5.51. The monoisotopic (exact) mass is 1170 g/mol. The van der Waals surface area contributed by atoms with Gasteiger partial charge < -0.3 is 20.3 Å². The number of ether oxygens (including phenoxy) is 1. The zero-order valence-corrected chi connectivity index (χ0v) is 56.2. The number of hydrogen-bond donors (Lipinski definition) is 3. The second-order valence-corrected chi connectivity index (χ2v) is 26.0. The minimum Gasteiger partial charge on any atom is -0.466 e. The van der Waals surface area contributed by atoms with Gasteiger partial charge in [0, 0.05) is 12.8 Å². The molecule has 0 saturated carbocycles. The van der Waals surface area contributed by atoms with E-state index in [0.717, 1.165) is 44.9 Å². The van der Waals surface area contributed by atoms with E-state index in [1.54, 1.807) is 6.08 Å². The summed E-state index contributed by atoms with van der Waals surface area (Å²) in [6.07, 6.45) is 93.8. The van der Waals surface area contributed by atoms with Crippen LogP contribution in [0.3, 0.4) is 0 Å². The minimum atomic E-state index is -0.850. The quantitative estimate of drug-likeness (QED) is 0.0320. The predicted octanol–water partition coefficient (Wildman–Crippen LogP) is 24.7. The highest BCUT2D eigenvalue weighted by molar-refractivity contribution is 5.76. The fourth-order valence-corrected chi connectivity index (χ4v) is 11.9. The highest BCUT2D eigenvalue weighted by Gasteiger charge is 2.18. The van der Waals surface area contributed by atoms with Gasteiger partial charge in [0.25, 0.3) is 0 Å². The Morgan fingerprint density at radius 1 is 0.337 bits per heavy atom. The first-order valence-corrected chi connectivity index (χ1v) is 37.8. The molecular weight excluding hydrogens is 1020 g/mol. The smallest absolute Gasteiger partial charge is 0.305 e. The van der Waals surface area contributed by atoms with E-state index in [0.29, 0.717) is 19.4 Å². The summed E-state index contributed by atoms with van der Waals surface area (Å²) in [6.45, 7) is 4.95.